The fourth-order valence-corrected chi connectivity index (χ4v) is 1.76. The molecule has 4 nitrogen and oxygen atoms in total. The largest absolute Gasteiger partial charge is 0.348 e. The Kier molecular flexibility index (Phi) is 5.11. The quantitative estimate of drug-likeness (QED) is 0.765. The first kappa shape index (κ1) is 14.2. The molecule has 1 N–H and O–H groups in total. The minimum absolute atomic E-state index is 0.171. The number of alkyl halides is 1. The van der Waals surface area contributed by atoms with Crippen molar-refractivity contribution >= 4 is 17.5 Å². The van der Waals surface area contributed by atoms with Gasteiger partial charge in [-0.1, -0.05) is 17.7 Å². The summed E-state index contributed by atoms with van der Waals surface area (Å²) in [6, 6.07) is 0. The number of nitrogens with one attached hydrogen (secondary N) is 1. The molecule has 96 valence electrons. The van der Waals surface area contributed by atoms with Gasteiger partial charge in [-0.2, -0.15) is 0 Å². The van der Waals surface area contributed by atoms with Crippen LogP contribution in [0, 0.1) is 0 Å². The molecule has 1 aliphatic carbocycles. The predicted molar refractivity (Wildman–Crippen MR) is 62.3 cm³/mol. The third-order valence-electron chi connectivity index (χ3n) is 2.33. The van der Waals surface area contributed by atoms with E-state index >= 15 is 0 Å². The molecule has 0 bridgehead atoms. The number of ether oxygens (including phenoxy) is 2. The van der Waals surface area contributed by atoms with Crippen LogP contribution in [0.5, 0.6) is 0 Å². The summed E-state index contributed by atoms with van der Waals surface area (Å²) in [6.07, 6.45) is 3.67. The summed E-state index contributed by atoms with van der Waals surface area (Å²) in [5.41, 5.74) is -1.66. The highest BCUT2D eigenvalue weighted by molar-refractivity contribution is 6.31. The lowest BCUT2D eigenvalue weighted by molar-refractivity contribution is -0.159. The second-order valence-corrected chi connectivity index (χ2v) is 4.13. The van der Waals surface area contributed by atoms with Crippen LogP contribution in [-0.4, -0.2) is 38.6 Å². The molecule has 1 aliphatic rings. The Morgan fingerprint density at radius 2 is 2.29 bits per heavy atom. The number of rotatable bonds is 5. The van der Waals surface area contributed by atoms with Crippen LogP contribution >= 0.6 is 11.6 Å². The van der Waals surface area contributed by atoms with Crippen LogP contribution in [0.3, 0.4) is 0 Å². The fourth-order valence-electron chi connectivity index (χ4n) is 1.47. The Balaban J connectivity index is 2.51. The van der Waals surface area contributed by atoms with E-state index in [-0.39, 0.29) is 13.0 Å². The average Bonchev–Trinajstić information content (AvgIpc) is 2.28. The predicted octanol–water partition coefficient (Wildman–Crippen LogP) is 1.51. The van der Waals surface area contributed by atoms with Gasteiger partial charge in [0.1, 0.15) is 0 Å². The van der Waals surface area contributed by atoms with Crippen molar-refractivity contribution in [3.05, 3.63) is 23.3 Å². The summed E-state index contributed by atoms with van der Waals surface area (Å²) in [6.45, 7) is -0.171. The molecule has 6 heteroatoms. The van der Waals surface area contributed by atoms with Gasteiger partial charge in [0, 0.05) is 25.7 Å². The SMILES string of the molecule is COC(OC)C(=O)NCC1(F)C=C(Cl)C=CC1. The molecule has 1 unspecified atom stereocenters. The zero-order valence-corrected chi connectivity index (χ0v) is 10.5. The van der Waals surface area contributed by atoms with Crippen LogP contribution in [0.1, 0.15) is 6.42 Å². The summed E-state index contributed by atoms with van der Waals surface area (Å²) in [5, 5.41) is 2.74. The molecule has 0 aromatic rings. The Hall–Kier alpha value is -0.910. The molecule has 0 aromatic heterocycles. The lowest BCUT2D eigenvalue weighted by Gasteiger charge is -2.24. The van der Waals surface area contributed by atoms with Gasteiger partial charge < -0.3 is 14.8 Å². The Labute approximate surface area is 104 Å². The van der Waals surface area contributed by atoms with Crippen LogP contribution in [0.15, 0.2) is 23.3 Å². The van der Waals surface area contributed by atoms with Gasteiger partial charge in [0.2, 0.25) is 6.29 Å². The molecule has 0 fully saturated rings. The van der Waals surface area contributed by atoms with Crippen molar-refractivity contribution in [2.45, 2.75) is 18.4 Å². The second-order valence-electron chi connectivity index (χ2n) is 3.69. The molecule has 1 rings (SSSR count). The third kappa shape index (κ3) is 4.11. The molecule has 0 aromatic carbocycles. The highest BCUT2D eigenvalue weighted by Gasteiger charge is 2.30. The first-order valence-electron chi connectivity index (χ1n) is 5.08. The van der Waals surface area contributed by atoms with Gasteiger partial charge >= 0.3 is 0 Å². The van der Waals surface area contributed by atoms with Crippen LogP contribution in [-0.2, 0) is 14.3 Å². The highest BCUT2D eigenvalue weighted by Crippen LogP contribution is 2.26. The van der Waals surface area contributed by atoms with Crippen molar-refractivity contribution in [3.63, 3.8) is 0 Å². The van der Waals surface area contributed by atoms with Crippen molar-refractivity contribution in [1.82, 2.24) is 5.32 Å². The van der Waals surface area contributed by atoms with E-state index in [0.717, 1.165) is 0 Å². The van der Waals surface area contributed by atoms with Crippen molar-refractivity contribution in [2.75, 3.05) is 20.8 Å². The summed E-state index contributed by atoms with van der Waals surface area (Å²) in [7, 11) is 2.66. The highest BCUT2D eigenvalue weighted by atomic mass is 35.5. The van der Waals surface area contributed by atoms with E-state index in [4.69, 9.17) is 21.1 Å². The van der Waals surface area contributed by atoms with Crippen LogP contribution in [0.2, 0.25) is 0 Å². The third-order valence-corrected chi connectivity index (χ3v) is 2.56. The molecule has 0 aliphatic heterocycles. The summed E-state index contributed by atoms with van der Waals surface area (Å²) >= 11 is 5.71. The van der Waals surface area contributed by atoms with E-state index in [9.17, 15) is 9.18 Å². The summed E-state index contributed by atoms with van der Waals surface area (Å²) < 4.78 is 23.6. The van der Waals surface area contributed by atoms with E-state index in [2.05, 4.69) is 5.32 Å². The number of carbonyl (C=O) groups is 1. The van der Waals surface area contributed by atoms with Crippen molar-refractivity contribution in [3.8, 4) is 0 Å². The lowest BCUT2D eigenvalue weighted by atomic mass is 9.97. The normalized spacial score (nSPS) is 23.7. The van der Waals surface area contributed by atoms with E-state index < -0.39 is 17.9 Å². The Bertz CT molecular complexity index is 342. The number of halogens is 2. The maximum absolute atomic E-state index is 14.1. The van der Waals surface area contributed by atoms with Gasteiger partial charge in [-0.05, 0) is 12.2 Å². The fraction of sp³-hybridized carbons (Fsp3) is 0.545. The van der Waals surface area contributed by atoms with Crippen LogP contribution in [0.25, 0.3) is 0 Å². The smallest absolute Gasteiger partial charge is 0.277 e. The lowest BCUT2D eigenvalue weighted by Crippen LogP contribution is -2.44. The number of methoxy groups -OCH3 is 2. The van der Waals surface area contributed by atoms with Gasteiger partial charge in [-0.3, -0.25) is 4.79 Å². The molecule has 1 amide bonds. The monoisotopic (exact) mass is 263 g/mol. The first-order chi connectivity index (χ1) is 8.00. The van der Waals surface area contributed by atoms with Crippen molar-refractivity contribution < 1.29 is 18.7 Å². The molecular formula is C11H15ClFNO3. The summed E-state index contributed by atoms with van der Waals surface area (Å²) in [5.74, 6) is -0.522. The molecule has 0 spiro atoms. The molecule has 0 saturated carbocycles. The van der Waals surface area contributed by atoms with E-state index in [0.29, 0.717) is 5.03 Å². The molecule has 0 heterocycles. The maximum atomic E-state index is 14.1. The van der Waals surface area contributed by atoms with Gasteiger partial charge in [0.25, 0.3) is 5.91 Å². The average molecular weight is 264 g/mol. The van der Waals surface area contributed by atoms with E-state index in [1.165, 1.54) is 20.3 Å². The van der Waals surface area contributed by atoms with Gasteiger partial charge in [0.15, 0.2) is 5.67 Å². The number of hydrogen-bond acceptors (Lipinski definition) is 3. The standard InChI is InChI=1S/C11H15ClFNO3/c1-16-10(17-2)9(15)14-7-11(13)5-3-4-8(12)6-11/h3-4,6,10H,5,7H2,1-2H3,(H,14,15). The van der Waals surface area contributed by atoms with Crippen LogP contribution < -0.4 is 5.32 Å². The first-order valence-corrected chi connectivity index (χ1v) is 5.45. The van der Waals surface area contributed by atoms with Crippen LogP contribution in [0.4, 0.5) is 4.39 Å². The number of amides is 1. The van der Waals surface area contributed by atoms with E-state index in [1.807, 2.05) is 0 Å². The zero-order chi connectivity index (χ0) is 12.9. The van der Waals surface area contributed by atoms with Gasteiger partial charge in [-0.25, -0.2) is 4.39 Å². The van der Waals surface area contributed by atoms with Crippen molar-refractivity contribution in [1.29, 1.82) is 0 Å². The molecule has 17 heavy (non-hydrogen) atoms. The maximum Gasteiger partial charge on any atom is 0.277 e. The number of hydrogen-bond donors (Lipinski definition) is 1. The molecule has 1 atom stereocenters. The van der Waals surface area contributed by atoms with Gasteiger partial charge in [0.05, 0.1) is 6.54 Å². The zero-order valence-electron chi connectivity index (χ0n) is 9.70. The topological polar surface area (TPSA) is 47.6 Å². The molecular weight excluding hydrogens is 249 g/mol. The van der Waals surface area contributed by atoms with Gasteiger partial charge in [-0.15, -0.1) is 0 Å². The Morgan fingerprint density at radius 1 is 1.65 bits per heavy atom. The molecule has 0 saturated heterocycles. The summed E-state index contributed by atoms with van der Waals surface area (Å²) in [4.78, 5) is 11.5. The Morgan fingerprint density at radius 3 is 2.82 bits per heavy atom. The van der Waals surface area contributed by atoms with E-state index in [1.54, 1.807) is 12.2 Å². The molecule has 0 radical (unpaired) electrons. The number of carbonyl (C=O) groups excluding carboxylic acids is 1. The second kappa shape index (κ2) is 6.14. The minimum Gasteiger partial charge on any atom is -0.348 e. The number of allylic oxidation sites excluding steroid dienone is 3. The van der Waals surface area contributed by atoms with Crippen molar-refractivity contribution in [2.24, 2.45) is 0 Å². The minimum atomic E-state index is -1.66.